The number of benzene rings is 1. The molecule has 0 saturated carbocycles. The highest BCUT2D eigenvalue weighted by molar-refractivity contribution is 5.74. The lowest BCUT2D eigenvalue weighted by Gasteiger charge is -2.15. The number of nitriles is 1. The first-order chi connectivity index (χ1) is 13.8. The molecule has 0 spiro atoms. The molecule has 7 heteroatoms. The number of aromatic amines is 1. The van der Waals surface area contributed by atoms with Crippen LogP contribution in [0.2, 0.25) is 0 Å². The molecule has 0 radical (unpaired) electrons. The fraction of sp³-hybridized carbons (Fsp3) is 0.333. The molecule has 4 aromatic rings. The lowest BCUT2D eigenvalue weighted by molar-refractivity contribution is 0.314. The first kappa shape index (κ1) is 16.9. The molecule has 0 bridgehead atoms. The first-order valence-corrected chi connectivity index (χ1v) is 9.65. The molecular formula is C21H21N7. The average molecular weight is 371 g/mol. The van der Waals surface area contributed by atoms with Crippen molar-refractivity contribution in [2.75, 3.05) is 13.1 Å². The summed E-state index contributed by atoms with van der Waals surface area (Å²) in [6.45, 7) is 5.13. The molecule has 140 valence electrons. The molecule has 1 saturated heterocycles. The zero-order valence-corrected chi connectivity index (χ0v) is 15.7. The van der Waals surface area contributed by atoms with Gasteiger partial charge in [-0.05, 0) is 29.7 Å². The number of H-pyrrole nitrogens is 1. The third kappa shape index (κ3) is 2.74. The van der Waals surface area contributed by atoms with Crippen molar-refractivity contribution in [3.05, 3.63) is 59.7 Å². The molecule has 4 heterocycles. The Morgan fingerprint density at radius 1 is 1.18 bits per heavy atom. The van der Waals surface area contributed by atoms with Crippen molar-refractivity contribution in [2.24, 2.45) is 5.92 Å². The van der Waals surface area contributed by atoms with Crippen molar-refractivity contribution >= 4 is 16.8 Å². The molecule has 7 nitrogen and oxygen atoms in total. The maximum atomic E-state index is 8.98. The standard InChI is InChI=1S/C21H21N7/c1-2-16-12-27(11-15-5-3-14(9-22)4-6-15)13-17(16)21-26-25-19-10-24-20-18(28(19)21)7-8-23-20/h3-8,10,16-17,23H,2,11-13H2,1H3/t16-,17+/m1/s1. The van der Waals surface area contributed by atoms with Crippen LogP contribution in [0.15, 0.2) is 42.7 Å². The lowest BCUT2D eigenvalue weighted by atomic mass is 9.93. The van der Waals surface area contributed by atoms with Gasteiger partial charge in [0.25, 0.3) is 0 Å². The highest BCUT2D eigenvalue weighted by Gasteiger charge is 2.36. The maximum Gasteiger partial charge on any atom is 0.179 e. The monoisotopic (exact) mass is 371 g/mol. The van der Waals surface area contributed by atoms with Gasteiger partial charge in [-0.3, -0.25) is 9.30 Å². The van der Waals surface area contributed by atoms with Gasteiger partial charge in [0.15, 0.2) is 11.3 Å². The van der Waals surface area contributed by atoms with Crippen LogP contribution in [0, 0.1) is 17.2 Å². The quantitative estimate of drug-likeness (QED) is 0.596. The Labute approximate surface area is 162 Å². The van der Waals surface area contributed by atoms with E-state index in [0.717, 1.165) is 48.7 Å². The van der Waals surface area contributed by atoms with Crippen LogP contribution < -0.4 is 0 Å². The van der Waals surface area contributed by atoms with Crippen LogP contribution in [0.3, 0.4) is 0 Å². The molecule has 3 aromatic heterocycles. The molecule has 1 aromatic carbocycles. The maximum absolute atomic E-state index is 8.98. The molecule has 0 aliphatic carbocycles. The van der Waals surface area contributed by atoms with E-state index in [1.807, 2.05) is 36.5 Å². The predicted molar refractivity (Wildman–Crippen MR) is 106 cm³/mol. The minimum absolute atomic E-state index is 0.332. The van der Waals surface area contributed by atoms with E-state index in [9.17, 15) is 0 Å². The minimum Gasteiger partial charge on any atom is -0.345 e. The average Bonchev–Trinajstić information content (AvgIpc) is 3.45. The van der Waals surface area contributed by atoms with E-state index >= 15 is 0 Å². The van der Waals surface area contributed by atoms with Crippen molar-refractivity contribution in [1.29, 1.82) is 5.26 Å². The third-order valence-corrected chi connectivity index (χ3v) is 5.83. The number of hydrogen-bond donors (Lipinski definition) is 1. The first-order valence-electron chi connectivity index (χ1n) is 9.65. The van der Waals surface area contributed by atoms with Gasteiger partial charge in [-0.15, -0.1) is 10.2 Å². The number of likely N-dealkylation sites (tertiary alicyclic amines) is 1. The summed E-state index contributed by atoms with van der Waals surface area (Å²) < 4.78 is 2.15. The number of hydrogen-bond acceptors (Lipinski definition) is 5. The Bertz CT molecular complexity index is 1170. The van der Waals surface area contributed by atoms with E-state index in [4.69, 9.17) is 5.26 Å². The second-order valence-corrected chi connectivity index (χ2v) is 7.50. The van der Waals surface area contributed by atoms with Gasteiger partial charge < -0.3 is 4.98 Å². The molecular weight excluding hydrogens is 350 g/mol. The summed E-state index contributed by atoms with van der Waals surface area (Å²) in [6.07, 6.45) is 4.79. The SMILES string of the molecule is CC[C@@H]1CN(Cc2ccc(C#N)cc2)C[C@@H]1c1nnc2cnc3[nH]ccc3n12. The number of fused-ring (bicyclic) bond motifs is 3. The molecule has 0 unspecified atom stereocenters. The van der Waals surface area contributed by atoms with Crippen LogP contribution in [-0.2, 0) is 6.54 Å². The molecule has 1 fully saturated rings. The Kier molecular flexibility index (Phi) is 4.06. The van der Waals surface area contributed by atoms with Crippen molar-refractivity contribution in [2.45, 2.75) is 25.8 Å². The number of nitrogens with zero attached hydrogens (tertiary/aromatic N) is 6. The summed E-state index contributed by atoms with van der Waals surface area (Å²) in [5, 5.41) is 17.9. The molecule has 1 N–H and O–H groups in total. The number of aromatic nitrogens is 5. The zero-order valence-electron chi connectivity index (χ0n) is 15.7. The van der Waals surface area contributed by atoms with Gasteiger partial charge in [0.2, 0.25) is 0 Å². The van der Waals surface area contributed by atoms with E-state index in [2.05, 4.69) is 42.5 Å². The molecule has 28 heavy (non-hydrogen) atoms. The fourth-order valence-corrected chi connectivity index (χ4v) is 4.38. The van der Waals surface area contributed by atoms with Crippen LogP contribution >= 0.6 is 0 Å². The van der Waals surface area contributed by atoms with Crippen LogP contribution in [-0.4, -0.2) is 42.6 Å². The van der Waals surface area contributed by atoms with E-state index < -0.39 is 0 Å². The minimum atomic E-state index is 0.332. The Hall–Kier alpha value is -3.24. The van der Waals surface area contributed by atoms with Crippen LogP contribution in [0.4, 0.5) is 0 Å². The van der Waals surface area contributed by atoms with Crippen LogP contribution in [0.5, 0.6) is 0 Å². The molecule has 5 rings (SSSR count). The van der Waals surface area contributed by atoms with Crippen molar-refractivity contribution < 1.29 is 0 Å². The highest BCUT2D eigenvalue weighted by Crippen LogP contribution is 2.35. The van der Waals surface area contributed by atoms with Crippen molar-refractivity contribution in [1.82, 2.24) is 29.5 Å². The lowest BCUT2D eigenvalue weighted by Crippen LogP contribution is -2.20. The topological polar surface area (TPSA) is 85.9 Å². The van der Waals surface area contributed by atoms with Gasteiger partial charge in [-0.2, -0.15) is 5.26 Å². The van der Waals surface area contributed by atoms with Crippen LogP contribution in [0.1, 0.15) is 36.2 Å². The normalized spacial score (nSPS) is 20.1. The molecule has 1 aliphatic heterocycles. The summed E-state index contributed by atoms with van der Waals surface area (Å²) in [7, 11) is 0. The van der Waals surface area contributed by atoms with Gasteiger partial charge in [0, 0.05) is 31.7 Å². The summed E-state index contributed by atoms with van der Waals surface area (Å²) in [6, 6.07) is 12.1. The van der Waals surface area contributed by atoms with E-state index in [1.54, 1.807) is 6.20 Å². The highest BCUT2D eigenvalue weighted by atomic mass is 15.3. The second kappa shape index (κ2) is 6.73. The number of nitrogens with one attached hydrogen (secondary N) is 1. The van der Waals surface area contributed by atoms with Crippen molar-refractivity contribution in [3.63, 3.8) is 0 Å². The molecule has 1 aliphatic rings. The Balaban J connectivity index is 1.46. The molecule has 2 atom stereocenters. The van der Waals surface area contributed by atoms with E-state index in [1.165, 1.54) is 5.56 Å². The fourth-order valence-electron chi connectivity index (χ4n) is 4.38. The Morgan fingerprint density at radius 2 is 2.04 bits per heavy atom. The van der Waals surface area contributed by atoms with E-state index in [-0.39, 0.29) is 0 Å². The van der Waals surface area contributed by atoms with Gasteiger partial charge in [0.05, 0.1) is 23.3 Å². The zero-order chi connectivity index (χ0) is 19.1. The summed E-state index contributed by atoms with van der Waals surface area (Å²) in [5.41, 5.74) is 4.61. The summed E-state index contributed by atoms with van der Waals surface area (Å²) in [4.78, 5) is 10.1. The van der Waals surface area contributed by atoms with Gasteiger partial charge in [-0.1, -0.05) is 25.5 Å². The smallest absolute Gasteiger partial charge is 0.179 e. The van der Waals surface area contributed by atoms with E-state index in [0.29, 0.717) is 17.4 Å². The van der Waals surface area contributed by atoms with Crippen LogP contribution in [0.25, 0.3) is 16.8 Å². The predicted octanol–water partition coefficient (Wildman–Crippen LogP) is 3.10. The van der Waals surface area contributed by atoms with Gasteiger partial charge in [-0.25, -0.2) is 4.98 Å². The van der Waals surface area contributed by atoms with Gasteiger partial charge in [0.1, 0.15) is 5.82 Å². The molecule has 0 amide bonds. The largest absolute Gasteiger partial charge is 0.345 e. The van der Waals surface area contributed by atoms with Crippen molar-refractivity contribution in [3.8, 4) is 6.07 Å². The Morgan fingerprint density at radius 3 is 2.82 bits per heavy atom. The number of rotatable bonds is 4. The second-order valence-electron chi connectivity index (χ2n) is 7.50. The third-order valence-electron chi connectivity index (χ3n) is 5.83. The summed E-state index contributed by atoms with van der Waals surface area (Å²) in [5.74, 6) is 1.89. The van der Waals surface area contributed by atoms with Gasteiger partial charge >= 0.3 is 0 Å². The summed E-state index contributed by atoms with van der Waals surface area (Å²) >= 11 is 0.